The van der Waals surface area contributed by atoms with E-state index in [4.69, 9.17) is 10.8 Å². The van der Waals surface area contributed by atoms with E-state index in [9.17, 15) is 4.79 Å². The molecule has 1 unspecified atom stereocenters. The van der Waals surface area contributed by atoms with E-state index in [0.717, 1.165) is 30.3 Å². The molecule has 1 aliphatic heterocycles. The van der Waals surface area contributed by atoms with Crippen molar-refractivity contribution in [1.82, 2.24) is 4.57 Å². The second-order valence-electron chi connectivity index (χ2n) is 5.23. The zero-order chi connectivity index (χ0) is 13.4. The molecule has 0 saturated carbocycles. The summed E-state index contributed by atoms with van der Waals surface area (Å²) < 4.78 is 1.87. The predicted molar refractivity (Wildman–Crippen MR) is 82.5 cm³/mol. The molecule has 1 aromatic carbocycles. The third-order valence-electron chi connectivity index (χ3n) is 3.81. The molecule has 1 aromatic heterocycles. The van der Waals surface area contributed by atoms with Gasteiger partial charge in [0.1, 0.15) is 0 Å². The maximum Gasteiger partial charge on any atom is 0.254 e. The Bertz CT molecular complexity index is 681. The van der Waals surface area contributed by atoms with E-state index in [1.54, 1.807) is 0 Å². The molecule has 0 fully saturated rings. The predicted octanol–water partition coefficient (Wildman–Crippen LogP) is 1.23. The molecule has 2 heterocycles. The minimum atomic E-state index is -0.371. The number of rotatable bonds is 3. The average Bonchev–Trinajstić information content (AvgIpc) is 2.44. The topological polar surface area (TPSA) is 68.2 Å². The molecule has 20 heavy (non-hydrogen) atoms. The van der Waals surface area contributed by atoms with Crippen LogP contribution in [0.15, 0.2) is 29.1 Å². The molecular weight excluding hydrogens is 276 g/mol. The fraction of sp³-hybridized carbons (Fsp3) is 0.400. The molecule has 0 saturated heterocycles. The van der Waals surface area contributed by atoms with Crippen molar-refractivity contribution in [3.63, 3.8) is 0 Å². The first-order chi connectivity index (χ1) is 9.20. The Balaban J connectivity index is 0.00000147. The molecule has 5 heteroatoms. The lowest BCUT2D eigenvalue weighted by molar-refractivity contribution is 0.265. The molecule has 108 valence electrons. The van der Waals surface area contributed by atoms with E-state index in [1.165, 1.54) is 5.56 Å². The van der Waals surface area contributed by atoms with Gasteiger partial charge in [0.2, 0.25) is 0 Å². The van der Waals surface area contributed by atoms with Gasteiger partial charge in [0.25, 0.3) is 5.56 Å². The highest BCUT2D eigenvalue weighted by Crippen LogP contribution is 2.24. The van der Waals surface area contributed by atoms with Crippen molar-refractivity contribution < 1.29 is 5.11 Å². The molecule has 0 aliphatic carbocycles. The van der Waals surface area contributed by atoms with Crippen LogP contribution in [0.4, 0.5) is 0 Å². The lowest BCUT2D eigenvalue weighted by Crippen LogP contribution is -2.33. The van der Waals surface area contributed by atoms with Gasteiger partial charge in [0.05, 0.1) is 12.1 Å². The lowest BCUT2D eigenvalue weighted by atomic mass is 9.98. The fourth-order valence-corrected chi connectivity index (χ4v) is 2.92. The van der Waals surface area contributed by atoms with Crippen molar-refractivity contribution in [1.29, 1.82) is 0 Å². The van der Waals surface area contributed by atoms with Gasteiger partial charge in [-0.15, -0.1) is 12.4 Å². The van der Waals surface area contributed by atoms with Crippen LogP contribution >= 0.6 is 12.4 Å². The standard InChI is InChI=1S/C15H18N2O2.ClH/c16-13(9-18)8-12-7-11-4-1-3-10-5-2-6-17(14(10)11)15(12)19;/h1,3-4,7,13,18H,2,5-6,8-9,16H2;1H. The first-order valence-corrected chi connectivity index (χ1v) is 6.71. The maximum atomic E-state index is 12.5. The molecule has 0 radical (unpaired) electrons. The van der Waals surface area contributed by atoms with Crippen molar-refractivity contribution in [3.05, 3.63) is 45.7 Å². The van der Waals surface area contributed by atoms with Gasteiger partial charge in [-0.25, -0.2) is 0 Å². The number of benzene rings is 1. The Morgan fingerprint density at radius 3 is 2.95 bits per heavy atom. The minimum absolute atomic E-state index is 0. The number of halogens is 1. The molecule has 2 aromatic rings. The summed E-state index contributed by atoms with van der Waals surface area (Å²) in [4.78, 5) is 12.5. The number of nitrogens with zero attached hydrogens (tertiary/aromatic N) is 1. The zero-order valence-corrected chi connectivity index (χ0v) is 12.0. The summed E-state index contributed by atoms with van der Waals surface area (Å²) in [5, 5.41) is 10.1. The van der Waals surface area contributed by atoms with Gasteiger partial charge in [-0.1, -0.05) is 18.2 Å². The maximum absolute atomic E-state index is 12.5. The number of aryl methyl sites for hydroxylation is 2. The first kappa shape index (κ1) is 15.0. The quantitative estimate of drug-likeness (QED) is 0.895. The third-order valence-corrected chi connectivity index (χ3v) is 3.81. The van der Waals surface area contributed by atoms with Gasteiger partial charge < -0.3 is 15.4 Å². The van der Waals surface area contributed by atoms with Gasteiger partial charge >= 0.3 is 0 Å². The molecule has 0 spiro atoms. The van der Waals surface area contributed by atoms with Crippen molar-refractivity contribution in [2.24, 2.45) is 5.73 Å². The van der Waals surface area contributed by atoms with Crippen molar-refractivity contribution >= 4 is 23.3 Å². The molecule has 1 atom stereocenters. The van der Waals surface area contributed by atoms with Crippen LogP contribution in [-0.4, -0.2) is 22.3 Å². The summed E-state index contributed by atoms with van der Waals surface area (Å²) in [5.74, 6) is 0. The highest BCUT2D eigenvalue weighted by atomic mass is 35.5. The highest BCUT2D eigenvalue weighted by molar-refractivity contribution is 5.85. The number of aliphatic hydroxyl groups is 1. The Morgan fingerprint density at radius 2 is 2.20 bits per heavy atom. The number of para-hydroxylation sites is 1. The van der Waals surface area contributed by atoms with Crippen LogP contribution < -0.4 is 11.3 Å². The Kier molecular flexibility index (Phi) is 4.48. The van der Waals surface area contributed by atoms with Crippen LogP contribution in [0, 0.1) is 0 Å². The zero-order valence-electron chi connectivity index (χ0n) is 11.2. The highest BCUT2D eigenvalue weighted by Gasteiger charge is 2.16. The third kappa shape index (κ3) is 2.46. The second-order valence-corrected chi connectivity index (χ2v) is 5.23. The van der Waals surface area contributed by atoms with Crippen LogP contribution in [0.5, 0.6) is 0 Å². The van der Waals surface area contributed by atoms with Gasteiger partial charge in [0, 0.05) is 18.2 Å². The van der Waals surface area contributed by atoms with Crippen LogP contribution in [0.2, 0.25) is 0 Å². The SMILES string of the molecule is Cl.NC(CO)Cc1cc2cccc3c2n(c1=O)CCC3. The second kappa shape index (κ2) is 5.95. The fourth-order valence-electron chi connectivity index (χ4n) is 2.92. The number of pyridine rings is 1. The van der Waals surface area contributed by atoms with Crippen LogP contribution in [0.3, 0.4) is 0 Å². The largest absolute Gasteiger partial charge is 0.395 e. The Labute approximate surface area is 123 Å². The average molecular weight is 295 g/mol. The van der Waals surface area contributed by atoms with Crippen LogP contribution in [-0.2, 0) is 19.4 Å². The van der Waals surface area contributed by atoms with Crippen LogP contribution in [0.1, 0.15) is 17.5 Å². The molecule has 3 N–H and O–H groups in total. The molecule has 3 rings (SSSR count). The van der Waals surface area contributed by atoms with E-state index >= 15 is 0 Å². The normalized spacial score (nSPS) is 14.9. The lowest BCUT2D eigenvalue weighted by Gasteiger charge is -2.21. The number of aliphatic hydroxyl groups excluding tert-OH is 1. The van der Waals surface area contributed by atoms with Gasteiger partial charge in [-0.2, -0.15) is 0 Å². The smallest absolute Gasteiger partial charge is 0.254 e. The van der Waals surface area contributed by atoms with E-state index < -0.39 is 0 Å². The summed E-state index contributed by atoms with van der Waals surface area (Å²) in [6.07, 6.45) is 2.46. The number of hydrogen-bond donors (Lipinski definition) is 2. The minimum Gasteiger partial charge on any atom is -0.395 e. The summed E-state index contributed by atoms with van der Waals surface area (Å²) >= 11 is 0. The summed E-state index contributed by atoms with van der Waals surface area (Å²) in [5.41, 5.74) is 8.82. The number of nitrogens with two attached hydrogens (primary N) is 1. The molecule has 4 nitrogen and oxygen atoms in total. The van der Waals surface area contributed by atoms with E-state index in [2.05, 4.69) is 6.07 Å². The van der Waals surface area contributed by atoms with Gasteiger partial charge in [0.15, 0.2) is 0 Å². The number of aromatic nitrogens is 1. The monoisotopic (exact) mass is 294 g/mol. The van der Waals surface area contributed by atoms with Crippen molar-refractivity contribution in [2.45, 2.75) is 31.8 Å². The summed E-state index contributed by atoms with van der Waals surface area (Å²) in [6, 6.07) is 7.72. The van der Waals surface area contributed by atoms with Gasteiger partial charge in [-0.05, 0) is 36.3 Å². The van der Waals surface area contributed by atoms with Crippen molar-refractivity contribution in [2.75, 3.05) is 6.61 Å². The summed E-state index contributed by atoms with van der Waals surface area (Å²) in [6.45, 7) is 0.673. The van der Waals surface area contributed by atoms with Crippen LogP contribution in [0.25, 0.3) is 10.9 Å². The van der Waals surface area contributed by atoms with Crippen molar-refractivity contribution in [3.8, 4) is 0 Å². The molecule has 0 bridgehead atoms. The molecule has 0 amide bonds. The summed E-state index contributed by atoms with van der Waals surface area (Å²) in [7, 11) is 0. The van der Waals surface area contributed by atoms with E-state index in [-0.39, 0.29) is 30.6 Å². The molecule has 1 aliphatic rings. The van der Waals surface area contributed by atoms with E-state index in [1.807, 2.05) is 22.8 Å². The Morgan fingerprint density at radius 1 is 1.40 bits per heavy atom. The molecular formula is C15H19ClN2O2. The number of hydrogen-bond acceptors (Lipinski definition) is 3. The van der Waals surface area contributed by atoms with Gasteiger partial charge in [-0.3, -0.25) is 4.79 Å². The van der Waals surface area contributed by atoms with E-state index in [0.29, 0.717) is 12.0 Å². The first-order valence-electron chi connectivity index (χ1n) is 6.71. The Hall–Kier alpha value is -1.36.